The number of imidazole rings is 1. The number of hydrogen-bond donors (Lipinski definition) is 2. The van der Waals surface area contributed by atoms with Gasteiger partial charge in [-0.25, -0.2) is 23.3 Å². The van der Waals surface area contributed by atoms with Gasteiger partial charge in [0, 0.05) is 13.5 Å². The second-order valence-electron chi connectivity index (χ2n) is 9.97. The number of primary sulfonamides is 1. The Morgan fingerprint density at radius 1 is 1.24 bits per heavy atom. The number of aliphatic hydroxyl groups is 1. The van der Waals surface area contributed by atoms with Gasteiger partial charge < -0.3 is 14.4 Å². The fourth-order valence-electron chi connectivity index (χ4n) is 5.59. The molecular weight excluding hydrogens is 454 g/mol. The van der Waals surface area contributed by atoms with Crippen LogP contribution in [0.5, 0.6) is 0 Å². The summed E-state index contributed by atoms with van der Waals surface area (Å²) in [7, 11) is -2.32. The molecule has 4 rings (SSSR count). The number of carbonyl (C=O) groups excluding carboxylic acids is 1. The van der Waals surface area contributed by atoms with E-state index in [1.165, 1.54) is 0 Å². The predicted molar refractivity (Wildman–Crippen MR) is 128 cm³/mol. The Balaban J connectivity index is 1.89. The lowest BCUT2D eigenvalue weighted by molar-refractivity contribution is -0.161. The van der Waals surface area contributed by atoms with Crippen molar-refractivity contribution in [2.45, 2.75) is 87.7 Å². The van der Waals surface area contributed by atoms with E-state index in [1.54, 1.807) is 17.7 Å². The third kappa shape index (κ3) is 4.35. The van der Waals surface area contributed by atoms with Gasteiger partial charge in [-0.1, -0.05) is 51.0 Å². The number of cyclic esters (lactones) is 1. The van der Waals surface area contributed by atoms with E-state index in [-0.39, 0.29) is 22.8 Å². The molecule has 1 aromatic rings. The smallest absolute Gasteiger partial charge is 0.339 e. The SMILES string of the molecule is CCCC1(CCC)CC(O)=C(C2(c3nc(S(N)(=O)=O)c(CC4CC4)n3C)C=CC=CC2)C(=O)O1. The molecule has 1 saturated carbocycles. The Hall–Kier alpha value is -2.39. The van der Waals surface area contributed by atoms with Crippen LogP contribution in [0.4, 0.5) is 0 Å². The molecule has 3 aliphatic rings. The van der Waals surface area contributed by atoms with Gasteiger partial charge in [0.25, 0.3) is 10.0 Å². The minimum absolute atomic E-state index is 0.0120. The van der Waals surface area contributed by atoms with Crippen molar-refractivity contribution in [3.8, 4) is 0 Å². The largest absolute Gasteiger partial charge is 0.512 e. The molecule has 0 spiro atoms. The van der Waals surface area contributed by atoms with Crippen LogP contribution in [0, 0.1) is 5.92 Å². The van der Waals surface area contributed by atoms with Crippen LogP contribution < -0.4 is 5.14 Å². The molecule has 1 aromatic heterocycles. The molecule has 1 unspecified atom stereocenters. The van der Waals surface area contributed by atoms with Gasteiger partial charge in [0.15, 0.2) is 5.03 Å². The Morgan fingerprint density at radius 3 is 2.41 bits per heavy atom. The van der Waals surface area contributed by atoms with E-state index < -0.39 is 27.0 Å². The fourth-order valence-corrected chi connectivity index (χ4v) is 6.35. The number of nitrogens with zero attached hydrogens (tertiary/aromatic N) is 2. The number of hydrogen-bond acceptors (Lipinski definition) is 6. The van der Waals surface area contributed by atoms with Gasteiger partial charge in [0.05, 0.1) is 16.7 Å². The first-order valence-electron chi connectivity index (χ1n) is 12.2. The maximum absolute atomic E-state index is 13.6. The lowest BCUT2D eigenvalue weighted by Crippen LogP contribution is -2.45. The normalized spacial score (nSPS) is 24.5. The van der Waals surface area contributed by atoms with Crippen molar-refractivity contribution in [2.75, 3.05) is 0 Å². The molecule has 0 amide bonds. The molecule has 2 aliphatic carbocycles. The van der Waals surface area contributed by atoms with Gasteiger partial charge in [0.2, 0.25) is 0 Å². The number of carbonyl (C=O) groups is 1. The van der Waals surface area contributed by atoms with Crippen molar-refractivity contribution in [3.05, 3.63) is 47.2 Å². The monoisotopic (exact) mass is 489 g/mol. The van der Waals surface area contributed by atoms with Crippen molar-refractivity contribution >= 4 is 16.0 Å². The molecular formula is C25H35N3O5S. The maximum atomic E-state index is 13.6. The topological polar surface area (TPSA) is 125 Å². The zero-order valence-corrected chi connectivity index (χ0v) is 21.0. The lowest BCUT2D eigenvalue weighted by Gasteiger charge is -2.41. The molecule has 0 saturated heterocycles. The van der Waals surface area contributed by atoms with Gasteiger partial charge in [-0.05, 0) is 44.4 Å². The quantitative estimate of drug-likeness (QED) is 0.507. The molecule has 0 bridgehead atoms. The van der Waals surface area contributed by atoms with Gasteiger partial charge in [0.1, 0.15) is 17.2 Å². The zero-order valence-electron chi connectivity index (χ0n) is 20.2. The van der Waals surface area contributed by atoms with Crippen LogP contribution in [0.1, 0.15) is 76.7 Å². The lowest BCUT2D eigenvalue weighted by atomic mass is 9.71. The number of aliphatic hydroxyl groups excluding tert-OH is 1. The second kappa shape index (κ2) is 9.00. The summed E-state index contributed by atoms with van der Waals surface area (Å²) in [5, 5.41) is 16.7. The second-order valence-corrected chi connectivity index (χ2v) is 11.4. The van der Waals surface area contributed by atoms with Crippen LogP contribution >= 0.6 is 0 Å². The van der Waals surface area contributed by atoms with Crippen molar-refractivity contribution in [2.24, 2.45) is 18.1 Å². The molecule has 9 heteroatoms. The van der Waals surface area contributed by atoms with Gasteiger partial charge >= 0.3 is 5.97 Å². The highest BCUT2D eigenvalue weighted by molar-refractivity contribution is 7.89. The van der Waals surface area contributed by atoms with Crippen LogP contribution in [0.15, 0.2) is 40.7 Å². The highest BCUT2D eigenvalue weighted by Crippen LogP contribution is 2.47. The van der Waals surface area contributed by atoms with E-state index >= 15 is 0 Å². The van der Waals surface area contributed by atoms with E-state index in [4.69, 9.17) is 9.88 Å². The molecule has 8 nitrogen and oxygen atoms in total. The van der Waals surface area contributed by atoms with Crippen molar-refractivity contribution < 1.29 is 23.1 Å². The minimum Gasteiger partial charge on any atom is -0.512 e. The van der Waals surface area contributed by atoms with Crippen molar-refractivity contribution in [3.63, 3.8) is 0 Å². The highest BCUT2D eigenvalue weighted by Gasteiger charge is 2.51. The summed E-state index contributed by atoms with van der Waals surface area (Å²) < 4.78 is 32.7. The number of aromatic nitrogens is 2. The molecule has 34 heavy (non-hydrogen) atoms. The summed E-state index contributed by atoms with van der Waals surface area (Å²) in [4.78, 5) is 18.1. The van der Waals surface area contributed by atoms with E-state index in [1.807, 2.05) is 32.1 Å². The third-order valence-electron chi connectivity index (χ3n) is 7.24. The summed E-state index contributed by atoms with van der Waals surface area (Å²) in [6, 6.07) is 0. The molecule has 1 fully saturated rings. The van der Waals surface area contributed by atoms with Crippen LogP contribution in [0.3, 0.4) is 0 Å². The first-order valence-corrected chi connectivity index (χ1v) is 13.7. The first-order chi connectivity index (χ1) is 16.1. The third-order valence-corrected chi connectivity index (χ3v) is 8.11. The number of rotatable bonds is 9. The predicted octanol–water partition coefficient (Wildman–Crippen LogP) is 3.87. The fraction of sp³-hybridized carbons (Fsp3) is 0.600. The van der Waals surface area contributed by atoms with Gasteiger partial charge in [-0.2, -0.15) is 0 Å². The van der Waals surface area contributed by atoms with Crippen LogP contribution in [-0.4, -0.2) is 34.6 Å². The number of allylic oxidation sites excluding steroid dienone is 4. The summed E-state index contributed by atoms with van der Waals surface area (Å²) in [6.07, 6.45) is 13.5. The van der Waals surface area contributed by atoms with E-state index in [2.05, 4.69) is 4.98 Å². The molecule has 0 aromatic carbocycles. The number of nitrogens with two attached hydrogens (primary N) is 1. The molecule has 0 radical (unpaired) electrons. The number of sulfonamides is 1. The molecule has 2 heterocycles. The molecule has 186 valence electrons. The van der Waals surface area contributed by atoms with Gasteiger partial charge in [-0.3, -0.25) is 0 Å². The van der Waals surface area contributed by atoms with E-state index in [0.717, 1.165) is 25.7 Å². The molecule has 3 N–H and O–H groups in total. The zero-order chi connectivity index (χ0) is 24.7. The van der Waals surface area contributed by atoms with E-state index in [0.29, 0.717) is 43.1 Å². The molecule has 1 atom stereocenters. The Labute approximate surface area is 201 Å². The highest BCUT2D eigenvalue weighted by atomic mass is 32.2. The summed E-state index contributed by atoms with van der Waals surface area (Å²) in [5.74, 6) is 0.179. The number of ether oxygens (including phenoxy) is 1. The average Bonchev–Trinajstić information content (AvgIpc) is 3.50. The van der Waals surface area contributed by atoms with Crippen molar-refractivity contribution in [1.29, 1.82) is 0 Å². The van der Waals surface area contributed by atoms with Crippen LogP contribution in [0.2, 0.25) is 0 Å². The summed E-state index contributed by atoms with van der Waals surface area (Å²) >= 11 is 0. The molecule has 1 aliphatic heterocycles. The van der Waals surface area contributed by atoms with Crippen LogP contribution in [-0.2, 0) is 38.4 Å². The standard InChI is InChI=1S/C25H35N3O5S/c1-4-11-24(12-5-2)16-19(29)20(22(30)33-24)25(13-7-6-8-14-25)23-27-21(34(26,31)32)18(28(23)3)15-17-9-10-17/h6-8,13,17,29H,4-5,9-12,14-16H2,1-3H3,(H2,26,31,32). The summed E-state index contributed by atoms with van der Waals surface area (Å²) in [6.45, 7) is 4.06. The Morgan fingerprint density at radius 2 is 1.91 bits per heavy atom. The Bertz CT molecular complexity index is 1170. The van der Waals surface area contributed by atoms with E-state index in [9.17, 15) is 18.3 Å². The van der Waals surface area contributed by atoms with Crippen molar-refractivity contribution in [1.82, 2.24) is 9.55 Å². The minimum atomic E-state index is -4.08. The average molecular weight is 490 g/mol. The first kappa shape index (κ1) is 24.7. The maximum Gasteiger partial charge on any atom is 0.339 e. The Kier molecular flexibility index (Phi) is 6.54. The van der Waals surface area contributed by atoms with Crippen LogP contribution in [0.25, 0.3) is 0 Å². The summed E-state index contributed by atoms with van der Waals surface area (Å²) in [5.41, 5.74) is -1.22. The van der Waals surface area contributed by atoms with Gasteiger partial charge in [-0.15, -0.1) is 0 Å². The number of esters is 1.